The zero-order valence-electron chi connectivity index (χ0n) is 16.7. The first kappa shape index (κ1) is 19.3. The summed E-state index contributed by atoms with van der Waals surface area (Å²) in [6.07, 6.45) is 2.35. The van der Waals surface area contributed by atoms with E-state index in [0.717, 1.165) is 6.42 Å². The molecule has 8 nitrogen and oxygen atoms in total. The van der Waals surface area contributed by atoms with Crippen molar-refractivity contribution in [1.82, 2.24) is 24.6 Å². The van der Waals surface area contributed by atoms with Crippen molar-refractivity contribution >= 4 is 28.1 Å². The van der Waals surface area contributed by atoms with Gasteiger partial charge in [0.05, 0.1) is 13.3 Å². The lowest BCUT2D eigenvalue weighted by atomic mass is 10.1. The third kappa shape index (κ3) is 3.43. The molecule has 1 amide bonds. The number of pyridine rings is 3. The van der Waals surface area contributed by atoms with Crippen LogP contribution >= 0.6 is 0 Å². The lowest BCUT2D eigenvalue weighted by Crippen LogP contribution is -2.15. The van der Waals surface area contributed by atoms with Crippen LogP contribution in [0.5, 0.6) is 5.75 Å². The molecule has 1 saturated carbocycles. The molecule has 31 heavy (non-hydrogen) atoms. The van der Waals surface area contributed by atoms with E-state index in [1.54, 1.807) is 36.0 Å². The summed E-state index contributed by atoms with van der Waals surface area (Å²) in [5.74, 6) is 1.37. The molecular formula is C21H18F2N6O2. The Labute approximate surface area is 175 Å². The summed E-state index contributed by atoms with van der Waals surface area (Å²) in [6, 6.07) is 5.05. The molecule has 0 aliphatic heterocycles. The zero-order valence-corrected chi connectivity index (χ0v) is 16.7. The molecule has 1 N–H and O–H groups in total. The van der Waals surface area contributed by atoms with E-state index >= 15 is 0 Å². The quantitative estimate of drug-likeness (QED) is 0.523. The predicted molar refractivity (Wildman–Crippen MR) is 109 cm³/mol. The topological polar surface area (TPSA) is 94.3 Å². The number of hydrogen-bond acceptors (Lipinski definition) is 6. The molecule has 1 aliphatic carbocycles. The van der Waals surface area contributed by atoms with Gasteiger partial charge in [0.25, 0.3) is 6.43 Å². The van der Waals surface area contributed by atoms with Crippen LogP contribution in [0, 0.1) is 11.8 Å². The third-order valence-electron chi connectivity index (χ3n) is 5.49. The number of rotatable bonds is 5. The van der Waals surface area contributed by atoms with E-state index in [1.807, 2.05) is 6.92 Å². The number of methoxy groups -OCH3 is 1. The maximum absolute atomic E-state index is 13.5. The van der Waals surface area contributed by atoms with Gasteiger partial charge in [0, 0.05) is 34.6 Å². The number of fused-ring (bicyclic) bond motifs is 2. The SMILES string of the molecule is COc1ccc2nc(-c3cnc(C(F)F)c4cnc(NC(=O)[C@H]5C[C@H]5C)cc34)nn2c1. The van der Waals surface area contributed by atoms with Gasteiger partial charge in [-0.25, -0.2) is 23.3 Å². The van der Waals surface area contributed by atoms with Crippen molar-refractivity contribution in [3.05, 3.63) is 42.5 Å². The number of aromatic nitrogens is 5. The molecule has 0 bridgehead atoms. The van der Waals surface area contributed by atoms with Crippen molar-refractivity contribution in [3.8, 4) is 17.1 Å². The maximum Gasteiger partial charge on any atom is 0.281 e. The highest BCUT2D eigenvalue weighted by Crippen LogP contribution is 2.39. The molecule has 1 fully saturated rings. The first-order chi connectivity index (χ1) is 14.9. The smallest absolute Gasteiger partial charge is 0.281 e. The van der Waals surface area contributed by atoms with E-state index in [4.69, 9.17) is 4.74 Å². The molecular weight excluding hydrogens is 406 g/mol. The van der Waals surface area contributed by atoms with E-state index in [0.29, 0.717) is 34.1 Å². The normalized spacial score (nSPS) is 18.0. The number of anilines is 1. The molecule has 0 saturated heterocycles. The van der Waals surface area contributed by atoms with Gasteiger partial charge in [-0.05, 0) is 30.5 Å². The van der Waals surface area contributed by atoms with Crippen LogP contribution < -0.4 is 10.1 Å². The molecule has 4 aromatic heterocycles. The van der Waals surface area contributed by atoms with Gasteiger partial charge in [-0.2, -0.15) is 0 Å². The molecule has 0 radical (unpaired) electrons. The molecule has 10 heteroatoms. The number of ether oxygens (including phenoxy) is 1. The molecule has 2 atom stereocenters. The second-order valence-corrected chi connectivity index (χ2v) is 7.59. The van der Waals surface area contributed by atoms with Crippen LogP contribution in [-0.2, 0) is 4.79 Å². The first-order valence-corrected chi connectivity index (χ1v) is 9.73. The number of carbonyl (C=O) groups excluding carboxylic acids is 1. The molecule has 4 aromatic rings. The first-order valence-electron chi connectivity index (χ1n) is 9.73. The Morgan fingerprint density at radius 3 is 2.77 bits per heavy atom. The summed E-state index contributed by atoms with van der Waals surface area (Å²) >= 11 is 0. The van der Waals surface area contributed by atoms with Crippen LogP contribution in [0.2, 0.25) is 0 Å². The summed E-state index contributed by atoms with van der Waals surface area (Å²) in [4.78, 5) is 24.9. The summed E-state index contributed by atoms with van der Waals surface area (Å²) in [5, 5.41) is 7.84. The Morgan fingerprint density at radius 2 is 2.06 bits per heavy atom. The van der Waals surface area contributed by atoms with Gasteiger partial charge < -0.3 is 10.1 Å². The van der Waals surface area contributed by atoms with Gasteiger partial charge >= 0.3 is 0 Å². The number of alkyl halides is 2. The van der Waals surface area contributed by atoms with Crippen molar-refractivity contribution in [1.29, 1.82) is 0 Å². The summed E-state index contributed by atoms with van der Waals surface area (Å²) in [6.45, 7) is 2.00. The minimum atomic E-state index is -2.77. The van der Waals surface area contributed by atoms with E-state index in [1.165, 1.54) is 12.4 Å². The second-order valence-electron chi connectivity index (χ2n) is 7.59. The van der Waals surface area contributed by atoms with E-state index in [-0.39, 0.29) is 28.7 Å². The highest BCUT2D eigenvalue weighted by Gasteiger charge is 2.39. The van der Waals surface area contributed by atoms with Gasteiger partial charge in [-0.3, -0.25) is 9.78 Å². The average Bonchev–Trinajstić information content (AvgIpc) is 3.35. The summed E-state index contributed by atoms with van der Waals surface area (Å²) in [7, 11) is 1.55. The molecule has 1 aliphatic rings. The Kier molecular flexibility index (Phi) is 4.49. The largest absolute Gasteiger partial charge is 0.495 e. The van der Waals surface area contributed by atoms with Crippen molar-refractivity contribution in [2.45, 2.75) is 19.8 Å². The van der Waals surface area contributed by atoms with Crippen LogP contribution in [0.1, 0.15) is 25.5 Å². The highest BCUT2D eigenvalue weighted by molar-refractivity contribution is 6.00. The van der Waals surface area contributed by atoms with Crippen molar-refractivity contribution in [3.63, 3.8) is 0 Å². The Hall–Kier alpha value is -3.69. The standard InChI is InChI=1S/C21H18F2N6O2/c1-10-5-12(10)21(30)26-16-6-13-14(7-24-16)18(19(22)23)25-8-15(13)20-27-17-4-3-11(31-2)9-29(17)28-20/h3-4,6-10,12,19H,5H2,1-2H3,(H,24,26,30)/t10-,12+/m1/s1. The molecule has 5 rings (SSSR count). The van der Waals surface area contributed by atoms with Gasteiger partial charge in [0.1, 0.15) is 17.3 Å². The lowest BCUT2D eigenvalue weighted by molar-refractivity contribution is -0.117. The van der Waals surface area contributed by atoms with Crippen molar-refractivity contribution in [2.24, 2.45) is 11.8 Å². The molecule has 0 spiro atoms. The van der Waals surface area contributed by atoms with E-state index in [9.17, 15) is 13.6 Å². The number of amides is 1. The zero-order chi connectivity index (χ0) is 21.7. The van der Waals surface area contributed by atoms with Crippen LogP contribution in [0.15, 0.2) is 36.8 Å². The Balaban J connectivity index is 1.63. The summed E-state index contributed by atoms with van der Waals surface area (Å²) < 4.78 is 33.8. The van der Waals surface area contributed by atoms with Gasteiger partial charge in [0.15, 0.2) is 11.5 Å². The number of nitrogens with one attached hydrogen (secondary N) is 1. The molecule has 158 valence electrons. The lowest BCUT2D eigenvalue weighted by Gasteiger charge is -2.10. The van der Waals surface area contributed by atoms with Crippen LogP contribution in [0.25, 0.3) is 27.8 Å². The van der Waals surface area contributed by atoms with Gasteiger partial charge in [-0.1, -0.05) is 6.92 Å². The number of carbonyl (C=O) groups is 1. The maximum atomic E-state index is 13.5. The minimum Gasteiger partial charge on any atom is -0.495 e. The fourth-order valence-corrected chi connectivity index (χ4v) is 3.58. The van der Waals surface area contributed by atoms with Crippen LogP contribution in [0.3, 0.4) is 0 Å². The van der Waals surface area contributed by atoms with E-state index < -0.39 is 6.43 Å². The monoisotopic (exact) mass is 424 g/mol. The fourth-order valence-electron chi connectivity index (χ4n) is 3.58. The van der Waals surface area contributed by atoms with Gasteiger partial charge in [0.2, 0.25) is 5.91 Å². The van der Waals surface area contributed by atoms with Crippen LogP contribution in [0.4, 0.5) is 14.6 Å². The molecule has 4 heterocycles. The molecule has 0 aromatic carbocycles. The van der Waals surface area contributed by atoms with E-state index in [2.05, 4.69) is 25.4 Å². The number of hydrogen-bond donors (Lipinski definition) is 1. The Morgan fingerprint density at radius 1 is 1.26 bits per heavy atom. The Bertz CT molecular complexity index is 1320. The number of nitrogens with zero attached hydrogens (tertiary/aromatic N) is 5. The average molecular weight is 424 g/mol. The fraction of sp³-hybridized carbons (Fsp3) is 0.286. The number of halogens is 2. The second kappa shape index (κ2) is 7.22. The van der Waals surface area contributed by atoms with Crippen LogP contribution in [-0.4, -0.2) is 37.6 Å². The summed E-state index contributed by atoms with van der Waals surface area (Å²) in [5.41, 5.74) is 0.636. The predicted octanol–water partition coefficient (Wildman–Crippen LogP) is 3.88. The van der Waals surface area contributed by atoms with Crippen molar-refractivity contribution < 1.29 is 18.3 Å². The van der Waals surface area contributed by atoms with Gasteiger partial charge in [-0.15, -0.1) is 5.10 Å². The minimum absolute atomic E-state index is 0.0406. The van der Waals surface area contributed by atoms with Crippen molar-refractivity contribution in [2.75, 3.05) is 12.4 Å². The molecule has 0 unspecified atom stereocenters. The highest BCUT2D eigenvalue weighted by atomic mass is 19.3. The third-order valence-corrected chi connectivity index (χ3v) is 5.49.